The molecule has 2 aromatic carbocycles. The molecule has 0 spiro atoms. The van der Waals surface area contributed by atoms with E-state index in [1.165, 1.54) is 5.69 Å². The maximum Gasteiger partial charge on any atom is 0.219 e. The minimum absolute atomic E-state index is 0.0244. The van der Waals surface area contributed by atoms with Gasteiger partial charge in [-0.1, -0.05) is 12.1 Å². The predicted octanol–water partition coefficient (Wildman–Crippen LogP) is 3.92. The molecule has 0 bridgehead atoms. The number of likely N-dealkylation sites (tertiary alicyclic amines) is 1. The summed E-state index contributed by atoms with van der Waals surface area (Å²) in [7, 11) is 0. The SMILES string of the molecule is CC(=O)N1CCC(Oc2ccc(-c3ncnc4c3N=C(c3ccc(N5CCOCC5)cc3)C4)cc2C#N)CC1. The summed E-state index contributed by atoms with van der Waals surface area (Å²) in [6.07, 6.45) is 3.66. The number of hydrogen-bond donors (Lipinski definition) is 0. The van der Waals surface area contributed by atoms with Gasteiger partial charge in [0.05, 0.1) is 35.9 Å². The number of fused-ring (bicyclic) bond motifs is 1. The van der Waals surface area contributed by atoms with Crippen molar-refractivity contribution in [3.63, 3.8) is 0 Å². The summed E-state index contributed by atoms with van der Waals surface area (Å²) < 4.78 is 11.7. The van der Waals surface area contributed by atoms with Crippen molar-refractivity contribution in [2.24, 2.45) is 4.99 Å². The van der Waals surface area contributed by atoms with E-state index in [0.717, 1.165) is 67.4 Å². The molecule has 1 aromatic heterocycles. The van der Waals surface area contributed by atoms with E-state index in [9.17, 15) is 10.1 Å². The number of piperidine rings is 1. The molecule has 0 saturated carbocycles. The van der Waals surface area contributed by atoms with Gasteiger partial charge in [0.2, 0.25) is 5.91 Å². The van der Waals surface area contributed by atoms with Gasteiger partial charge < -0.3 is 19.3 Å². The maximum atomic E-state index is 11.6. The average molecular weight is 523 g/mol. The first-order valence-corrected chi connectivity index (χ1v) is 13.4. The largest absolute Gasteiger partial charge is 0.489 e. The summed E-state index contributed by atoms with van der Waals surface area (Å²) in [5, 5.41) is 9.88. The molecule has 3 aliphatic rings. The maximum absolute atomic E-state index is 11.6. The van der Waals surface area contributed by atoms with Crippen molar-refractivity contribution in [3.05, 3.63) is 65.6 Å². The Morgan fingerprint density at radius 2 is 1.77 bits per heavy atom. The number of amides is 1. The number of rotatable bonds is 5. The van der Waals surface area contributed by atoms with E-state index in [0.29, 0.717) is 36.5 Å². The zero-order valence-corrected chi connectivity index (χ0v) is 22.0. The van der Waals surface area contributed by atoms with Gasteiger partial charge in [-0.2, -0.15) is 5.26 Å². The minimum Gasteiger partial charge on any atom is -0.489 e. The molecule has 3 aromatic rings. The molecule has 9 nitrogen and oxygen atoms in total. The molecule has 9 heteroatoms. The first-order chi connectivity index (χ1) is 19.1. The second-order valence-electron chi connectivity index (χ2n) is 10.0. The fourth-order valence-corrected chi connectivity index (χ4v) is 5.39. The van der Waals surface area contributed by atoms with Crippen molar-refractivity contribution in [2.45, 2.75) is 32.3 Å². The van der Waals surface area contributed by atoms with Crippen LogP contribution in [0.2, 0.25) is 0 Å². The fourth-order valence-electron chi connectivity index (χ4n) is 5.39. The lowest BCUT2D eigenvalue weighted by molar-refractivity contribution is -0.130. The van der Waals surface area contributed by atoms with E-state index >= 15 is 0 Å². The molecule has 0 unspecified atom stereocenters. The molecule has 1 amide bonds. The molecule has 0 radical (unpaired) electrons. The summed E-state index contributed by atoms with van der Waals surface area (Å²) in [5.74, 6) is 0.640. The monoisotopic (exact) mass is 522 g/mol. The topological polar surface area (TPSA) is 104 Å². The standard InChI is InChI=1S/C30H30N6O3/c1-20(37)35-10-8-25(9-11-35)39-28-7-4-22(16-23(28)18-31)29-30-27(32-19-33-29)17-26(34-30)21-2-5-24(6-3-21)36-12-14-38-15-13-36/h2-7,16,19,25H,8-15,17H2,1H3. The van der Waals surface area contributed by atoms with E-state index in [1.54, 1.807) is 13.3 Å². The number of anilines is 1. The van der Waals surface area contributed by atoms with Gasteiger partial charge in [-0.25, -0.2) is 15.0 Å². The van der Waals surface area contributed by atoms with Crippen molar-refractivity contribution in [1.29, 1.82) is 5.26 Å². The second kappa shape index (κ2) is 10.8. The van der Waals surface area contributed by atoms with Crippen LogP contribution in [0.3, 0.4) is 0 Å². The highest BCUT2D eigenvalue weighted by atomic mass is 16.5. The van der Waals surface area contributed by atoms with Gasteiger partial charge in [0.1, 0.15) is 29.9 Å². The highest BCUT2D eigenvalue weighted by Crippen LogP contribution is 2.37. The number of aliphatic imine (C=N–C) groups is 1. The molecule has 198 valence electrons. The zero-order chi connectivity index (χ0) is 26.8. The van der Waals surface area contributed by atoms with Gasteiger partial charge in [-0.05, 0) is 35.9 Å². The molecular weight excluding hydrogens is 492 g/mol. The number of aromatic nitrogens is 2. The van der Waals surface area contributed by atoms with Crippen LogP contribution in [0.4, 0.5) is 11.4 Å². The Hall–Kier alpha value is -4.29. The van der Waals surface area contributed by atoms with Crippen molar-refractivity contribution < 1.29 is 14.3 Å². The van der Waals surface area contributed by atoms with Crippen LogP contribution in [-0.2, 0) is 16.0 Å². The van der Waals surface area contributed by atoms with Crippen LogP contribution in [0.15, 0.2) is 53.8 Å². The van der Waals surface area contributed by atoms with Gasteiger partial charge in [-0.15, -0.1) is 0 Å². The Balaban J connectivity index is 1.21. The Morgan fingerprint density at radius 1 is 1.03 bits per heavy atom. The van der Waals surface area contributed by atoms with Crippen LogP contribution in [0.1, 0.15) is 36.6 Å². The lowest BCUT2D eigenvalue weighted by Gasteiger charge is -2.31. The third kappa shape index (κ3) is 5.20. The van der Waals surface area contributed by atoms with E-state index < -0.39 is 0 Å². The Kier molecular flexibility index (Phi) is 6.95. The second-order valence-corrected chi connectivity index (χ2v) is 10.0. The highest BCUT2D eigenvalue weighted by Gasteiger charge is 2.25. The quantitative estimate of drug-likeness (QED) is 0.500. The number of benzene rings is 2. The summed E-state index contributed by atoms with van der Waals surface area (Å²) in [6, 6.07) is 16.4. The van der Waals surface area contributed by atoms with Crippen molar-refractivity contribution >= 4 is 23.0 Å². The third-order valence-corrected chi connectivity index (χ3v) is 7.61. The lowest BCUT2D eigenvalue weighted by atomic mass is 10.0. The Bertz CT molecular complexity index is 1450. The van der Waals surface area contributed by atoms with Gasteiger partial charge in [0.15, 0.2) is 0 Å². The zero-order valence-electron chi connectivity index (χ0n) is 22.0. The molecule has 39 heavy (non-hydrogen) atoms. The van der Waals surface area contributed by atoms with E-state index in [2.05, 4.69) is 45.2 Å². The number of nitrogens with zero attached hydrogens (tertiary/aromatic N) is 6. The molecule has 6 rings (SSSR count). The molecule has 0 aliphatic carbocycles. The highest BCUT2D eigenvalue weighted by molar-refractivity contribution is 6.07. The minimum atomic E-state index is -0.0244. The molecule has 0 atom stereocenters. The Morgan fingerprint density at radius 3 is 2.49 bits per heavy atom. The number of carbonyl (C=O) groups is 1. The summed E-state index contributed by atoms with van der Waals surface area (Å²) >= 11 is 0. The van der Waals surface area contributed by atoms with Gasteiger partial charge >= 0.3 is 0 Å². The van der Waals surface area contributed by atoms with Crippen molar-refractivity contribution in [3.8, 4) is 23.1 Å². The van der Waals surface area contributed by atoms with Gasteiger partial charge in [0, 0.05) is 63.6 Å². The molecule has 2 fully saturated rings. The van der Waals surface area contributed by atoms with Crippen LogP contribution < -0.4 is 9.64 Å². The fraction of sp³-hybridized carbons (Fsp3) is 0.367. The van der Waals surface area contributed by atoms with Crippen molar-refractivity contribution in [1.82, 2.24) is 14.9 Å². The van der Waals surface area contributed by atoms with E-state index in [-0.39, 0.29) is 12.0 Å². The van der Waals surface area contributed by atoms with Gasteiger partial charge in [-0.3, -0.25) is 4.79 Å². The Labute approximate surface area is 227 Å². The van der Waals surface area contributed by atoms with Crippen LogP contribution >= 0.6 is 0 Å². The predicted molar refractivity (Wildman–Crippen MR) is 147 cm³/mol. The molecule has 2 saturated heterocycles. The van der Waals surface area contributed by atoms with Crippen molar-refractivity contribution in [2.75, 3.05) is 44.3 Å². The summed E-state index contributed by atoms with van der Waals surface area (Å²) in [6.45, 7) is 6.24. The third-order valence-electron chi connectivity index (χ3n) is 7.61. The summed E-state index contributed by atoms with van der Waals surface area (Å²) in [5.41, 5.74) is 6.80. The molecule has 3 aliphatic heterocycles. The van der Waals surface area contributed by atoms with Crippen LogP contribution in [-0.4, -0.2) is 72.0 Å². The van der Waals surface area contributed by atoms with Gasteiger partial charge in [0.25, 0.3) is 0 Å². The van der Waals surface area contributed by atoms with E-state index in [4.69, 9.17) is 14.5 Å². The smallest absolute Gasteiger partial charge is 0.219 e. The van der Waals surface area contributed by atoms with E-state index in [1.807, 2.05) is 23.1 Å². The average Bonchev–Trinajstić information content (AvgIpc) is 3.43. The molecular formula is C30H30N6O3. The van der Waals surface area contributed by atoms with Crippen LogP contribution in [0.5, 0.6) is 5.75 Å². The number of nitriles is 1. The van der Waals surface area contributed by atoms with Crippen LogP contribution in [0.25, 0.3) is 11.3 Å². The number of carbonyl (C=O) groups excluding carboxylic acids is 1. The number of ether oxygens (including phenoxy) is 2. The first-order valence-electron chi connectivity index (χ1n) is 13.4. The number of morpholine rings is 1. The molecule has 0 N–H and O–H groups in total. The van der Waals surface area contributed by atoms with Crippen LogP contribution in [0, 0.1) is 11.3 Å². The first kappa shape index (κ1) is 25.0. The number of hydrogen-bond acceptors (Lipinski definition) is 8. The summed E-state index contributed by atoms with van der Waals surface area (Å²) in [4.78, 5) is 29.8. The normalized spacial score (nSPS) is 17.4. The lowest BCUT2D eigenvalue weighted by Crippen LogP contribution is -2.40. The molecule has 4 heterocycles.